The Kier molecular flexibility index (Phi) is 4.32. The molecule has 0 aliphatic carbocycles. The first-order chi connectivity index (χ1) is 11.4. The maximum absolute atomic E-state index is 12.7. The summed E-state index contributed by atoms with van der Waals surface area (Å²) in [6, 6.07) is 14.6. The van der Waals surface area contributed by atoms with Crippen molar-refractivity contribution in [3.8, 4) is 0 Å². The summed E-state index contributed by atoms with van der Waals surface area (Å²) in [4.78, 5) is 4.65. The number of anilines is 1. The number of hydrogen-bond acceptors (Lipinski definition) is 3. The third kappa shape index (κ3) is 3.01. The maximum atomic E-state index is 12.7. The van der Waals surface area contributed by atoms with Crippen molar-refractivity contribution in [2.75, 3.05) is 4.72 Å². The van der Waals surface area contributed by atoms with Crippen molar-refractivity contribution in [3.05, 3.63) is 54.1 Å². The molecule has 0 aliphatic rings. The Morgan fingerprint density at radius 3 is 2.38 bits per heavy atom. The van der Waals surface area contributed by atoms with E-state index in [1.807, 2.05) is 47.9 Å². The molecule has 1 heterocycles. The molecule has 0 fully saturated rings. The smallest absolute Gasteiger partial charge is 0.264 e. The average molecular weight is 343 g/mol. The Hall–Kier alpha value is -2.34. The summed E-state index contributed by atoms with van der Waals surface area (Å²) in [5.74, 6) is 0.700. The number of nitrogens with zero attached hydrogens (tertiary/aromatic N) is 2. The molecule has 0 saturated carbocycles. The van der Waals surface area contributed by atoms with Gasteiger partial charge in [-0.05, 0) is 42.7 Å². The first-order valence-corrected chi connectivity index (χ1v) is 9.48. The summed E-state index contributed by atoms with van der Waals surface area (Å²) < 4.78 is 29.8. The van der Waals surface area contributed by atoms with Gasteiger partial charge in [-0.1, -0.05) is 38.1 Å². The number of aromatic nitrogens is 2. The minimum atomic E-state index is -3.67. The molecule has 24 heavy (non-hydrogen) atoms. The summed E-state index contributed by atoms with van der Waals surface area (Å²) in [7, 11) is -3.67. The van der Waals surface area contributed by atoms with Gasteiger partial charge in [-0.3, -0.25) is 0 Å². The third-order valence-corrected chi connectivity index (χ3v) is 5.40. The summed E-state index contributed by atoms with van der Waals surface area (Å²) in [5, 5.41) is 0. The van der Waals surface area contributed by atoms with Crippen molar-refractivity contribution >= 4 is 27.0 Å². The van der Waals surface area contributed by atoms with E-state index in [0.29, 0.717) is 18.4 Å². The molecule has 0 saturated heterocycles. The zero-order chi connectivity index (χ0) is 17.3. The molecule has 0 amide bonds. The van der Waals surface area contributed by atoms with E-state index in [9.17, 15) is 8.42 Å². The monoisotopic (exact) mass is 343 g/mol. The average Bonchev–Trinajstić information content (AvgIpc) is 2.91. The Bertz CT molecular complexity index is 958. The van der Waals surface area contributed by atoms with Gasteiger partial charge in [0.25, 0.3) is 10.0 Å². The van der Waals surface area contributed by atoms with Crippen molar-refractivity contribution in [2.45, 2.75) is 38.1 Å². The molecule has 0 aliphatic heterocycles. The second-order valence-corrected chi connectivity index (χ2v) is 7.68. The summed E-state index contributed by atoms with van der Waals surface area (Å²) in [6.07, 6.45) is 0. The van der Waals surface area contributed by atoms with Gasteiger partial charge in [0.05, 0.1) is 15.9 Å². The Balaban J connectivity index is 1.97. The van der Waals surface area contributed by atoms with Crippen molar-refractivity contribution in [1.82, 2.24) is 9.55 Å². The molecular formula is C18H21N3O2S. The molecule has 0 atom stereocenters. The van der Waals surface area contributed by atoms with E-state index in [1.165, 1.54) is 0 Å². The number of nitrogens with one attached hydrogen (secondary N) is 1. The topological polar surface area (TPSA) is 64.0 Å². The number of imidazole rings is 1. The van der Waals surface area contributed by atoms with Gasteiger partial charge < -0.3 is 4.57 Å². The maximum Gasteiger partial charge on any atom is 0.264 e. The van der Waals surface area contributed by atoms with Crippen molar-refractivity contribution in [2.24, 2.45) is 0 Å². The van der Waals surface area contributed by atoms with Gasteiger partial charge in [0.15, 0.2) is 0 Å². The van der Waals surface area contributed by atoms with Crippen LogP contribution in [0.1, 0.15) is 32.3 Å². The molecule has 2 aromatic carbocycles. The highest BCUT2D eigenvalue weighted by Gasteiger charge is 2.19. The zero-order valence-electron chi connectivity index (χ0n) is 14.0. The lowest BCUT2D eigenvalue weighted by atomic mass is 10.0. The predicted molar refractivity (Wildman–Crippen MR) is 96.7 cm³/mol. The highest BCUT2D eigenvalue weighted by molar-refractivity contribution is 7.92. The summed E-state index contributed by atoms with van der Waals surface area (Å²) >= 11 is 0. The SMILES string of the molecule is CCn1c(NS(=O)(=O)c2ccc(C(C)C)cc2)nc2ccccc21. The molecule has 0 unspecified atom stereocenters. The minimum Gasteiger partial charge on any atom is -0.310 e. The van der Waals surface area contributed by atoms with Crippen LogP contribution in [-0.2, 0) is 16.6 Å². The van der Waals surface area contributed by atoms with E-state index in [0.717, 1.165) is 16.6 Å². The Labute approximate surface area is 142 Å². The van der Waals surface area contributed by atoms with Crippen LogP contribution in [0.15, 0.2) is 53.4 Å². The van der Waals surface area contributed by atoms with E-state index in [-0.39, 0.29) is 4.90 Å². The Morgan fingerprint density at radius 1 is 1.08 bits per heavy atom. The standard InChI is InChI=1S/C18H21N3O2S/c1-4-21-17-8-6-5-7-16(17)19-18(21)20-24(22,23)15-11-9-14(10-12-15)13(2)3/h5-13H,4H2,1-3H3,(H,19,20). The van der Waals surface area contributed by atoms with Crippen LogP contribution in [0, 0.1) is 0 Å². The van der Waals surface area contributed by atoms with Gasteiger partial charge in [0, 0.05) is 6.54 Å². The summed E-state index contributed by atoms with van der Waals surface area (Å²) in [6.45, 7) is 6.74. The highest BCUT2D eigenvalue weighted by Crippen LogP contribution is 2.23. The van der Waals surface area contributed by atoms with Gasteiger partial charge in [-0.15, -0.1) is 0 Å². The molecule has 3 rings (SSSR count). The molecule has 0 spiro atoms. The van der Waals surface area contributed by atoms with Gasteiger partial charge in [0.2, 0.25) is 5.95 Å². The van der Waals surface area contributed by atoms with Crippen molar-refractivity contribution < 1.29 is 8.42 Å². The lowest BCUT2D eigenvalue weighted by Gasteiger charge is -2.11. The predicted octanol–water partition coefficient (Wildman–Crippen LogP) is 3.98. The number of sulfonamides is 1. The molecule has 1 N–H and O–H groups in total. The van der Waals surface area contributed by atoms with E-state index in [2.05, 4.69) is 23.6 Å². The van der Waals surface area contributed by atoms with E-state index < -0.39 is 10.0 Å². The minimum absolute atomic E-state index is 0.238. The lowest BCUT2D eigenvalue weighted by Crippen LogP contribution is -2.16. The quantitative estimate of drug-likeness (QED) is 0.762. The first kappa shape index (κ1) is 16.5. The van der Waals surface area contributed by atoms with Gasteiger partial charge in [-0.2, -0.15) is 0 Å². The fraction of sp³-hybridized carbons (Fsp3) is 0.278. The van der Waals surface area contributed by atoms with Crippen LogP contribution in [0.25, 0.3) is 11.0 Å². The Morgan fingerprint density at radius 2 is 1.75 bits per heavy atom. The largest absolute Gasteiger partial charge is 0.310 e. The number of hydrogen-bond donors (Lipinski definition) is 1. The number of fused-ring (bicyclic) bond motifs is 1. The molecule has 5 nitrogen and oxygen atoms in total. The second-order valence-electron chi connectivity index (χ2n) is 6.00. The molecule has 126 valence electrons. The fourth-order valence-corrected chi connectivity index (χ4v) is 3.69. The number of benzene rings is 2. The van der Waals surface area contributed by atoms with Gasteiger partial charge >= 0.3 is 0 Å². The van der Waals surface area contributed by atoms with E-state index >= 15 is 0 Å². The number of rotatable bonds is 5. The van der Waals surface area contributed by atoms with Crippen LogP contribution in [0.2, 0.25) is 0 Å². The van der Waals surface area contributed by atoms with E-state index in [4.69, 9.17) is 0 Å². The van der Waals surface area contributed by atoms with Crippen LogP contribution in [0.5, 0.6) is 0 Å². The fourth-order valence-electron chi connectivity index (χ4n) is 2.68. The number of para-hydroxylation sites is 2. The van der Waals surface area contributed by atoms with Crippen LogP contribution < -0.4 is 4.72 Å². The molecule has 3 aromatic rings. The van der Waals surface area contributed by atoms with Gasteiger partial charge in [0.1, 0.15) is 0 Å². The first-order valence-electron chi connectivity index (χ1n) is 8.00. The van der Waals surface area contributed by atoms with Crippen LogP contribution >= 0.6 is 0 Å². The van der Waals surface area contributed by atoms with Crippen LogP contribution in [0.3, 0.4) is 0 Å². The lowest BCUT2D eigenvalue weighted by molar-refractivity contribution is 0.600. The molecule has 0 bridgehead atoms. The van der Waals surface area contributed by atoms with Crippen molar-refractivity contribution in [3.63, 3.8) is 0 Å². The normalized spacial score (nSPS) is 12.0. The van der Waals surface area contributed by atoms with Crippen molar-refractivity contribution in [1.29, 1.82) is 0 Å². The number of aryl methyl sites for hydroxylation is 1. The second kappa shape index (κ2) is 6.28. The third-order valence-electron chi connectivity index (χ3n) is 4.05. The molecule has 0 radical (unpaired) electrons. The highest BCUT2D eigenvalue weighted by atomic mass is 32.2. The summed E-state index contributed by atoms with van der Waals surface area (Å²) in [5.41, 5.74) is 2.79. The van der Waals surface area contributed by atoms with E-state index in [1.54, 1.807) is 12.1 Å². The van der Waals surface area contributed by atoms with Crippen LogP contribution in [-0.4, -0.2) is 18.0 Å². The molecule has 6 heteroatoms. The zero-order valence-corrected chi connectivity index (χ0v) is 14.8. The van der Waals surface area contributed by atoms with Crippen LogP contribution in [0.4, 0.5) is 5.95 Å². The molecule has 1 aromatic heterocycles. The molecular weight excluding hydrogens is 322 g/mol. The van der Waals surface area contributed by atoms with Gasteiger partial charge in [-0.25, -0.2) is 18.1 Å².